The molecule has 126 valence electrons. The van der Waals surface area contributed by atoms with Crippen LogP contribution in [-0.4, -0.2) is 48.5 Å². The molecule has 0 aromatic heterocycles. The van der Waals surface area contributed by atoms with Crippen molar-refractivity contribution in [3.05, 3.63) is 35.9 Å². The van der Waals surface area contributed by atoms with Crippen LogP contribution in [0.4, 0.5) is 10.5 Å². The van der Waals surface area contributed by atoms with Crippen molar-refractivity contribution in [2.24, 2.45) is 0 Å². The van der Waals surface area contributed by atoms with E-state index >= 15 is 0 Å². The van der Waals surface area contributed by atoms with E-state index in [-0.39, 0.29) is 6.09 Å². The third kappa shape index (κ3) is 5.50. The number of amides is 1. The summed E-state index contributed by atoms with van der Waals surface area (Å²) in [5, 5.41) is 0. The van der Waals surface area contributed by atoms with E-state index in [1.165, 1.54) is 11.3 Å². The fourth-order valence-corrected chi connectivity index (χ4v) is 2.56. The average molecular weight is 334 g/mol. The van der Waals surface area contributed by atoms with Crippen molar-refractivity contribution in [1.29, 1.82) is 0 Å². The maximum atomic E-state index is 12.1. The normalized spacial score (nSPS) is 16.0. The Labute approximate surface area is 144 Å². The fraction of sp³-hybridized carbons (Fsp3) is 0.500. The molecule has 0 saturated carbocycles. The molecule has 2 rings (SSSR count). The third-order valence-electron chi connectivity index (χ3n) is 3.61. The molecule has 0 atom stereocenters. The second-order valence-electron chi connectivity index (χ2n) is 6.63. The van der Waals surface area contributed by atoms with Gasteiger partial charge in [-0.2, -0.15) is 12.6 Å². The Morgan fingerprint density at radius 3 is 2.30 bits per heavy atom. The van der Waals surface area contributed by atoms with Crippen LogP contribution < -0.4 is 4.90 Å². The molecule has 4 nitrogen and oxygen atoms in total. The summed E-state index contributed by atoms with van der Waals surface area (Å²) in [5.41, 5.74) is 1.93. The molecule has 5 heteroatoms. The monoisotopic (exact) mass is 334 g/mol. The summed E-state index contributed by atoms with van der Waals surface area (Å²) in [5.74, 6) is 0.744. The molecule has 1 fully saturated rings. The highest BCUT2D eigenvalue weighted by atomic mass is 32.1. The van der Waals surface area contributed by atoms with Gasteiger partial charge >= 0.3 is 6.09 Å². The van der Waals surface area contributed by atoms with Gasteiger partial charge in [-0.05, 0) is 38.5 Å². The first-order chi connectivity index (χ1) is 10.9. The molecule has 0 N–H and O–H groups in total. The predicted octanol–water partition coefficient (Wildman–Crippen LogP) is 3.69. The van der Waals surface area contributed by atoms with E-state index in [0.717, 1.165) is 18.8 Å². The molecule has 1 heterocycles. The molecule has 1 amide bonds. The summed E-state index contributed by atoms with van der Waals surface area (Å²) in [6.45, 7) is 8.71. The number of carbonyl (C=O) groups is 1. The molecule has 0 bridgehead atoms. The van der Waals surface area contributed by atoms with Gasteiger partial charge in [-0.3, -0.25) is 0 Å². The highest BCUT2D eigenvalue weighted by molar-refractivity contribution is 7.80. The van der Waals surface area contributed by atoms with Gasteiger partial charge in [-0.15, -0.1) is 0 Å². The number of hydrogen-bond acceptors (Lipinski definition) is 4. The summed E-state index contributed by atoms with van der Waals surface area (Å²) in [7, 11) is 0. The summed E-state index contributed by atoms with van der Waals surface area (Å²) >= 11 is 4.17. The number of nitrogens with zero attached hydrogens (tertiary/aromatic N) is 2. The smallest absolute Gasteiger partial charge is 0.410 e. The Morgan fingerprint density at radius 2 is 1.78 bits per heavy atom. The van der Waals surface area contributed by atoms with Crippen LogP contribution >= 0.6 is 12.6 Å². The van der Waals surface area contributed by atoms with Crippen LogP contribution in [0.25, 0.3) is 6.08 Å². The standard InChI is InChI=1S/C18H26N2O2S/c1-18(2,3)22-17(21)20-12-10-19(11-13-20)16-8-6-15(7-9-16)5-4-14-23/h4-9,23H,10-14H2,1-3H3. The van der Waals surface area contributed by atoms with Crippen LogP contribution in [0.1, 0.15) is 26.3 Å². The molecule has 1 aromatic carbocycles. The SMILES string of the molecule is CC(C)(C)OC(=O)N1CCN(c2ccc(C=CCS)cc2)CC1. The van der Waals surface area contributed by atoms with Crippen LogP contribution in [0.3, 0.4) is 0 Å². The van der Waals surface area contributed by atoms with Gasteiger partial charge in [0.1, 0.15) is 5.60 Å². The van der Waals surface area contributed by atoms with Gasteiger partial charge in [0, 0.05) is 37.6 Å². The van der Waals surface area contributed by atoms with Crippen molar-refractivity contribution < 1.29 is 9.53 Å². The lowest BCUT2D eigenvalue weighted by Gasteiger charge is -2.36. The molecular formula is C18H26N2O2S. The first-order valence-corrected chi connectivity index (χ1v) is 8.62. The minimum absolute atomic E-state index is 0.218. The topological polar surface area (TPSA) is 32.8 Å². The highest BCUT2D eigenvalue weighted by Crippen LogP contribution is 2.19. The molecule has 0 aliphatic carbocycles. The van der Waals surface area contributed by atoms with E-state index in [4.69, 9.17) is 4.74 Å². The van der Waals surface area contributed by atoms with Gasteiger partial charge in [0.05, 0.1) is 0 Å². The van der Waals surface area contributed by atoms with Crippen molar-refractivity contribution in [3.8, 4) is 0 Å². The van der Waals surface area contributed by atoms with Crippen LogP contribution in [0, 0.1) is 0 Å². The molecule has 0 spiro atoms. The van der Waals surface area contributed by atoms with Gasteiger partial charge in [-0.1, -0.05) is 24.3 Å². The number of hydrogen-bond donors (Lipinski definition) is 1. The fourth-order valence-electron chi connectivity index (χ4n) is 2.46. The summed E-state index contributed by atoms with van der Waals surface area (Å²) in [4.78, 5) is 16.2. The zero-order chi connectivity index (χ0) is 16.9. The number of piperazine rings is 1. The lowest BCUT2D eigenvalue weighted by atomic mass is 10.1. The van der Waals surface area contributed by atoms with E-state index in [0.29, 0.717) is 13.1 Å². The molecule has 1 aliphatic rings. The van der Waals surface area contributed by atoms with E-state index < -0.39 is 5.60 Å². The second kappa shape index (κ2) is 7.77. The Kier molecular flexibility index (Phi) is 5.99. The van der Waals surface area contributed by atoms with E-state index in [9.17, 15) is 4.79 Å². The van der Waals surface area contributed by atoms with E-state index in [1.54, 1.807) is 4.90 Å². The number of benzene rings is 1. The molecule has 0 unspecified atom stereocenters. The van der Waals surface area contributed by atoms with Gasteiger partial charge in [0.25, 0.3) is 0 Å². The Balaban J connectivity index is 1.89. The molecular weight excluding hydrogens is 308 g/mol. The van der Waals surface area contributed by atoms with Crippen molar-refractivity contribution >= 4 is 30.5 Å². The van der Waals surface area contributed by atoms with Gasteiger partial charge < -0.3 is 14.5 Å². The Bertz CT molecular complexity index is 541. The van der Waals surface area contributed by atoms with E-state index in [2.05, 4.69) is 47.9 Å². The van der Waals surface area contributed by atoms with Gasteiger partial charge in [0.15, 0.2) is 0 Å². The lowest BCUT2D eigenvalue weighted by molar-refractivity contribution is 0.0240. The predicted molar refractivity (Wildman–Crippen MR) is 99.3 cm³/mol. The van der Waals surface area contributed by atoms with Crippen LogP contribution in [-0.2, 0) is 4.74 Å². The lowest BCUT2D eigenvalue weighted by Crippen LogP contribution is -2.50. The molecule has 23 heavy (non-hydrogen) atoms. The zero-order valence-electron chi connectivity index (χ0n) is 14.2. The third-order valence-corrected chi connectivity index (χ3v) is 3.82. The van der Waals surface area contributed by atoms with Crippen LogP contribution in [0.5, 0.6) is 0 Å². The molecule has 0 radical (unpaired) electrons. The number of anilines is 1. The van der Waals surface area contributed by atoms with Crippen LogP contribution in [0.2, 0.25) is 0 Å². The van der Waals surface area contributed by atoms with Crippen LogP contribution in [0.15, 0.2) is 30.3 Å². The quantitative estimate of drug-likeness (QED) is 0.856. The zero-order valence-corrected chi connectivity index (χ0v) is 15.1. The van der Waals surface area contributed by atoms with E-state index in [1.807, 2.05) is 26.8 Å². The summed E-state index contributed by atoms with van der Waals surface area (Å²) < 4.78 is 5.43. The summed E-state index contributed by atoms with van der Waals surface area (Å²) in [6.07, 6.45) is 3.87. The minimum atomic E-state index is -0.440. The number of rotatable bonds is 3. The Hall–Kier alpha value is -1.62. The number of carbonyl (C=O) groups excluding carboxylic acids is 1. The van der Waals surface area contributed by atoms with Crippen molar-refractivity contribution in [2.45, 2.75) is 26.4 Å². The van der Waals surface area contributed by atoms with Crippen molar-refractivity contribution in [1.82, 2.24) is 4.90 Å². The Morgan fingerprint density at radius 1 is 1.17 bits per heavy atom. The maximum Gasteiger partial charge on any atom is 0.410 e. The first kappa shape index (κ1) is 17.7. The van der Waals surface area contributed by atoms with Gasteiger partial charge in [-0.25, -0.2) is 4.79 Å². The largest absolute Gasteiger partial charge is 0.444 e. The number of ether oxygens (including phenoxy) is 1. The minimum Gasteiger partial charge on any atom is -0.444 e. The average Bonchev–Trinajstić information content (AvgIpc) is 2.52. The maximum absolute atomic E-state index is 12.1. The number of thiol groups is 1. The van der Waals surface area contributed by atoms with Crippen molar-refractivity contribution in [3.63, 3.8) is 0 Å². The molecule has 1 saturated heterocycles. The second-order valence-corrected chi connectivity index (χ2v) is 7.00. The van der Waals surface area contributed by atoms with Gasteiger partial charge in [0.2, 0.25) is 0 Å². The molecule has 1 aromatic rings. The highest BCUT2D eigenvalue weighted by Gasteiger charge is 2.25. The molecule has 1 aliphatic heterocycles. The summed E-state index contributed by atoms with van der Waals surface area (Å²) in [6, 6.07) is 8.47. The first-order valence-electron chi connectivity index (χ1n) is 7.99. The van der Waals surface area contributed by atoms with Crippen molar-refractivity contribution in [2.75, 3.05) is 36.8 Å².